The summed E-state index contributed by atoms with van der Waals surface area (Å²) in [5.74, 6) is -2.45. The average Bonchev–Trinajstić information content (AvgIpc) is 2.95. The largest absolute Gasteiger partial charge is 0.494 e. The molecule has 4 rings (SSSR count). The van der Waals surface area contributed by atoms with Crippen LogP contribution in [0.2, 0.25) is 0 Å². The summed E-state index contributed by atoms with van der Waals surface area (Å²) in [5, 5.41) is 0. The van der Waals surface area contributed by atoms with E-state index in [2.05, 4.69) is 0 Å². The third-order valence-corrected chi connectivity index (χ3v) is 6.02. The molecule has 0 aliphatic heterocycles. The molecule has 0 fully saturated rings. The Bertz CT molecular complexity index is 1420. The van der Waals surface area contributed by atoms with E-state index >= 15 is 8.78 Å². The monoisotopic (exact) mass is 534 g/mol. The predicted octanol–water partition coefficient (Wildman–Crippen LogP) is 8.62. The fourth-order valence-corrected chi connectivity index (χ4v) is 3.89. The number of hydrogen-bond donors (Lipinski definition) is 0. The molecule has 0 N–H and O–H groups in total. The van der Waals surface area contributed by atoms with Crippen molar-refractivity contribution in [2.45, 2.75) is 33.1 Å². The lowest BCUT2D eigenvalue weighted by molar-refractivity contribution is 0.0734. The van der Waals surface area contributed by atoms with Crippen molar-refractivity contribution >= 4 is 5.97 Å². The molecular weight excluding hydrogens is 505 g/mol. The van der Waals surface area contributed by atoms with Gasteiger partial charge in [0.15, 0.2) is 23.2 Å². The summed E-state index contributed by atoms with van der Waals surface area (Å²) in [7, 11) is 0. The fourth-order valence-electron chi connectivity index (χ4n) is 3.89. The maximum Gasteiger partial charge on any atom is 0.343 e. The molecule has 0 aliphatic carbocycles. The first-order valence-corrected chi connectivity index (χ1v) is 12.9. The number of halogens is 3. The third-order valence-electron chi connectivity index (χ3n) is 6.02. The Morgan fingerprint density at radius 3 is 1.79 bits per heavy atom. The van der Waals surface area contributed by atoms with Gasteiger partial charge in [0, 0.05) is 11.1 Å². The lowest BCUT2D eigenvalue weighted by Crippen LogP contribution is -2.09. The molecule has 39 heavy (non-hydrogen) atoms. The van der Waals surface area contributed by atoms with Crippen LogP contribution in [0.5, 0.6) is 17.2 Å². The number of ether oxygens (including phenoxy) is 3. The quantitative estimate of drug-likeness (QED) is 0.110. The normalized spacial score (nSPS) is 10.8. The van der Waals surface area contributed by atoms with Gasteiger partial charge in [-0.25, -0.2) is 18.0 Å². The maximum absolute atomic E-state index is 15.0. The van der Waals surface area contributed by atoms with Gasteiger partial charge in [-0.15, -0.1) is 0 Å². The highest BCUT2D eigenvalue weighted by atomic mass is 19.2. The molecule has 0 heterocycles. The van der Waals surface area contributed by atoms with Gasteiger partial charge < -0.3 is 14.2 Å². The minimum absolute atomic E-state index is 0.0214. The number of esters is 1. The first kappa shape index (κ1) is 27.8. The number of unbranched alkanes of at least 4 members (excludes halogenated alkanes) is 1. The number of carbonyl (C=O) groups excluding carboxylic acids is 1. The second-order valence-electron chi connectivity index (χ2n) is 8.92. The molecule has 4 aromatic rings. The number of benzene rings is 4. The summed E-state index contributed by atoms with van der Waals surface area (Å²) in [6.07, 6.45) is 2.58. The lowest BCUT2D eigenvalue weighted by Gasteiger charge is -2.11. The smallest absolute Gasteiger partial charge is 0.343 e. The fraction of sp³-hybridized carbons (Fsp3) is 0.219. The summed E-state index contributed by atoms with van der Waals surface area (Å²) in [5.41, 5.74) is 1.16. The Labute approximate surface area is 226 Å². The van der Waals surface area contributed by atoms with E-state index < -0.39 is 23.4 Å². The minimum atomic E-state index is -0.986. The second-order valence-corrected chi connectivity index (χ2v) is 8.92. The zero-order valence-corrected chi connectivity index (χ0v) is 21.8. The molecule has 0 bridgehead atoms. The average molecular weight is 535 g/mol. The van der Waals surface area contributed by atoms with Crippen molar-refractivity contribution in [3.05, 3.63) is 102 Å². The zero-order valence-electron chi connectivity index (χ0n) is 21.8. The number of rotatable bonds is 11. The summed E-state index contributed by atoms with van der Waals surface area (Å²) < 4.78 is 60.6. The molecule has 0 saturated heterocycles. The Morgan fingerprint density at radius 2 is 1.26 bits per heavy atom. The van der Waals surface area contributed by atoms with Gasteiger partial charge in [-0.05, 0) is 66.4 Å². The Hall–Kier alpha value is -4.26. The van der Waals surface area contributed by atoms with Crippen LogP contribution in [-0.2, 0) is 0 Å². The lowest BCUT2D eigenvalue weighted by atomic mass is 9.98. The standard InChI is InChI=1S/C32H29F3O4/c1-3-5-19-38-29-17-10-23(20-28(29)33)32(36)39-25-13-8-22(9-14-25)27-16-15-26(30(34)31(27)35)21-6-11-24(12-7-21)37-18-4-2/h6-17,20H,3-5,18-19H2,1-2H3. The van der Waals surface area contributed by atoms with Crippen LogP contribution >= 0.6 is 0 Å². The van der Waals surface area contributed by atoms with Gasteiger partial charge in [-0.2, -0.15) is 0 Å². The van der Waals surface area contributed by atoms with Crippen molar-refractivity contribution in [3.8, 4) is 39.5 Å². The highest BCUT2D eigenvalue weighted by Gasteiger charge is 2.17. The first-order valence-electron chi connectivity index (χ1n) is 12.9. The molecule has 202 valence electrons. The van der Waals surface area contributed by atoms with Crippen LogP contribution in [0.1, 0.15) is 43.5 Å². The predicted molar refractivity (Wildman–Crippen MR) is 145 cm³/mol. The molecule has 0 aromatic heterocycles. The summed E-state index contributed by atoms with van der Waals surface area (Å²) in [6, 6.07) is 19.7. The van der Waals surface area contributed by atoms with Crippen LogP contribution in [0, 0.1) is 17.5 Å². The van der Waals surface area contributed by atoms with Gasteiger partial charge in [0.2, 0.25) is 0 Å². The van der Waals surface area contributed by atoms with Gasteiger partial charge in [-0.3, -0.25) is 0 Å². The first-order chi connectivity index (χ1) is 18.9. The van der Waals surface area contributed by atoms with Crippen LogP contribution in [0.25, 0.3) is 22.3 Å². The Balaban J connectivity index is 1.45. The van der Waals surface area contributed by atoms with Crippen LogP contribution in [0.4, 0.5) is 13.2 Å². The SMILES string of the molecule is CCCCOc1ccc(C(=O)Oc2ccc(-c3ccc(-c4ccc(OCCC)cc4)c(F)c3F)cc2)cc1F. The molecule has 0 amide bonds. The van der Waals surface area contributed by atoms with E-state index in [4.69, 9.17) is 14.2 Å². The van der Waals surface area contributed by atoms with Crippen LogP contribution in [0.3, 0.4) is 0 Å². The van der Waals surface area contributed by atoms with E-state index in [1.807, 2.05) is 13.8 Å². The Morgan fingerprint density at radius 1 is 0.667 bits per heavy atom. The van der Waals surface area contributed by atoms with Gasteiger partial charge in [0.05, 0.1) is 18.8 Å². The van der Waals surface area contributed by atoms with E-state index in [0.717, 1.165) is 25.3 Å². The Kier molecular flexibility index (Phi) is 9.26. The molecule has 0 atom stereocenters. The minimum Gasteiger partial charge on any atom is -0.494 e. The third kappa shape index (κ3) is 6.79. The molecule has 0 saturated carbocycles. The van der Waals surface area contributed by atoms with Gasteiger partial charge in [0.25, 0.3) is 0 Å². The zero-order chi connectivity index (χ0) is 27.8. The van der Waals surface area contributed by atoms with Crippen molar-refractivity contribution in [2.24, 2.45) is 0 Å². The van der Waals surface area contributed by atoms with E-state index in [0.29, 0.717) is 30.1 Å². The van der Waals surface area contributed by atoms with Crippen molar-refractivity contribution in [1.82, 2.24) is 0 Å². The molecule has 4 nitrogen and oxygen atoms in total. The molecule has 0 aliphatic rings. The van der Waals surface area contributed by atoms with Crippen molar-refractivity contribution < 1.29 is 32.2 Å². The van der Waals surface area contributed by atoms with Crippen molar-refractivity contribution in [1.29, 1.82) is 0 Å². The molecule has 7 heteroatoms. The van der Waals surface area contributed by atoms with Crippen LogP contribution in [0.15, 0.2) is 78.9 Å². The number of carbonyl (C=O) groups is 1. The summed E-state index contributed by atoms with van der Waals surface area (Å²) in [4.78, 5) is 12.5. The van der Waals surface area contributed by atoms with E-state index in [1.54, 1.807) is 24.3 Å². The second kappa shape index (κ2) is 13.0. The van der Waals surface area contributed by atoms with Gasteiger partial charge >= 0.3 is 5.97 Å². The topological polar surface area (TPSA) is 44.8 Å². The highest BCUT2D eigenvalue weighted by Crippen LogP contribution is 2.33. The summed E-state index contributed by atoms with van der Waals surface area (Å²) >= 11 is 0. The number of hydrogen-bond acceptors (Lipinski definition) is 4. The molecular formula is C32H29F3O4. The summed E-state index contributed by atoms with van der Waals surface area (Å²) in [6.45, 7) is 4.97. The van der Waals surface area contributed by atoms with Crippen LogP contribution < -0.4 is 14.2 Å². The molecule has 0 unspecified atom stereocenters. The van der Waals surface area contributed by atoms with E-state index in [9.17, 15) is 9.18 Å². The van der Waals surface area contributed by atoms with E-state index in [-0.39, 0.29) is 28.2 Å². The van der Waals surface area contributed by atoms with E-state index in [1.165, 1.54) is 48.5 Å². The molecule has 0 spiro atoms. The maximum atomic E-state index is 15.0. The van der Waals surface area contributed by atoms with Gasteiger partial charge in [-0.1, -0.05) is 56.7 Å². The molecule has 0 radical (unpaired) electrons. The van der Waals surface area contributed by atoms with Crippen molar-refractivity contribution in [3.63, 3.8) is 0 Å². The van der Waals surface area contributed by atoms with Gasteiger partial charge in [0.1, 0.15) is 11.5 Å². The van der Waals surface area contributed by atoms with Crippen molar-refractivity contribution in [2.75, 3.05) is 13.2 Å². The van der Waals surface area contributed by atoms with Crippen LogP contribution in [-0.4, -0.2) is 19.2 Å². The molecule has 4 aromatic carbocycles. The highest BCUT2D eigenvalue weighted by molar-refractivity contribution is 5.91.